The van der Waals surface area contributed by atoms with Crippen molar-refractivity contribution in [3.05, 3.63) is 68.0 Å². The second-order valence-corrected chi connectivity index (χ2v) is 7.15. The predicted octanol–water partition coefficient (Wildman–Crippen LogP) is 3.69. The summed E-state index contributed by atoms with van der Waals surface area (Å²) in [5.41, 5.74) is 0.923. The first-order valence-corrected chi connectivity index (χ1v) is 8.96. The van der Waals surface area contributed by atoms with Gasteiger partial charge in [-0.15, -0.1) is 5.11 Å². The highest BCUT2D eigenvalue weighted by molar-refractivity contribution is 6.31. The van der Waals surface area contributed by atoms with Crippen LogP contribution in [0.25, 0.3) is 10.9 Å². The van der Waals surface area contributed by atoms with Crippen molar-refractivity contribution in [2.45, 2.75) is 26.9 Å². The number of pyridine rings is 1. The van der Waals surface area contributed by atoms with Gasteiger partial charge in [-0.3, -0.25) is 18.9 Å². The molecule has 0 saturated heterocycles. The van der Waals surface area contributed by atoms with Gasteiger partial charge in [0, 0.05) is 36.3 Å². The Morgan fingerprint density at radius 2 is 1.96 bits per heavy atom. The molecule has 7 nitrogen and oxygen atoms in total. The maximum Gasteiger partial charge on any atom is 0.332 e. The molecule has 0 radical (unpaired) electrons. The van der Waals surface area contributed by atoms with Gasteiger partial charge in [0.2, 0.25) is 0 Å². The predicted molar refractivity (Wildman–Crippen MR) is 106 cm³/mol. The second-order valence-electron chi connectivity index (χ2n) is 6.72. The van der Waals surface area contributed by atoms with E-state index >= 15 is 0 Å². The van der Waals surface area contributed by atoms with E-state index in [9.17, 15) is 9.59 Å². The number of nitrogens with zero attached hydrogens (tertiary/aromatic N) is 5. The van der Waals surface area contributed by atoms with Gasteiger partial charge in [0.1, 0.15) is 0 Å². The van der Waals surface area contributed by atoms with Crippen LogP contribution in [0.5, 0.6) is 0 Å². The Bertz CT molecular complexity index is 1130. The fourth-order valence-electron chi connectivity index (χ4n) is 2.78. The van der Waals surface area contributed by atoms with E-state index in [2.05, 4.69) is 15.2 Å². The van der Waals surface area contributed by atoms with E-state index in [1.165, 1.54) is 17.7 Å². The lowest BCUT2D eigenvalue weighted by atomic mass is 10.1. The van der Waals surface area contributed by atoms with Crippen molar-refractivity contribution in [2.24, 2.45) is 23.2 Å². The van der Waals surface area contributed by atoms with Gasteiger partial charge in [-0.25, -0.2) is 4.79 Å². The molecule has 0 spiro atoms. The standard InChI is InChI=1S/C19H20ClN5O2/c1-12(2)11-25-17(9-18(26)24(3)19(25)27)23-22-10-13-6-7-21-16-5-4-14(20)8-15(13)16/h4-9,12H,10-11H2,1-3H3. The fraction of sp³-hybridized carbons (Fsp3) is 0.316. The Balaban J connectivity index is 1.97. The number of hydrogen-bond acceptors (Lipinski definition) is 5. The summed E-state index contributed by atoms with van der Waals surface area (Å²) in [5.74, 6) is 0.480. The summed E-state index contributed by atoms with van der Waals surface area (Å²) in [5, 5.41) is 9.90. The molecule has 0 unspecified atom stereocenters. The Hall–Kier alpha value is -2.80. The average Bonchev–Trinajstić information content (AvgIpc) is 2.63. The highest BCUT2D eigenvalue weighted by atomic mass is 35.5. The highest BCUT2D eigenvalue weighted by Crippen LogP contribution is 2.22. The van der Waals surface area contributed by atoms with Crippen molar-refractivity contribution >= 4 is 28.3 Å². The third-order valence-electron chi connectivity index (χ3n) is 4.13. The lowest BCUT2D eigenvalue weighted by Gasteiger charge is -2.12. The summed E-state index contributed by atoms with van der Waals surface area (Å²) in [6.07, 6.45) is 1.70. The molecule has 3 rings (SSSR count). The van der Waals surface area contributed by atoms with Crippen molar-refractivity contribution in [1.82, 2.24) is 14.1 Å². The molecule has 0 aliphatic heterocycles. The van der Waals surface area contributed by atoms with Gasteiger partial charge in [-0.2, -0.15) is 5.11 Å². The van der Waals surface area contributed by atoms with E-state index < -0.39 is 11.2 Å². The molecular weight excluding hydrogens is 366 g/mol. The summed E-state index contributed by atoms with van der Waals surface area (Å²) in [4.78, 5) is 28.7. The first-order chi connectivity index (χ1) is 12.9. The number of rotatable bonds is 5. The number of benzene rings is 1. The van der Waals surface area contributed by atoms with Crippen LogP contribution in [0.3, 0.4) is 0 Å². The molecule has 1 aromatic carbocycles. The van der Waals surface area contributed by atoms with Gasteiger partial charge < -0.3 is 0 Å². The van der Waals surface area contributed by atoms with Crippen molar-refractivity contribution in [3.8, 4) is 0 Å². The van der Waals surface area contributed by atoms with Crippen molar-refractivity contribution in [1.29, 1.82) is 0 Å². The van der Waals surface area contributed by atoms with Gasteiger partial charge in [0.15, 0.2) is 5.82 Å². The van der Waals surface area contributed by atoms with Gasteiger partial charge in [0.05, 0.1) is 12.1 Å². The van der Waals surface area contributed by atoms with Crippen LogP contribution in [0.1, 0.15) is 19.4 Å². The quantitative estimate of drug-likeness (QED) is 0.628. The van der Waals surface area contributed by atoms with E-state index in [1.807, 2.05) is 32.0 Å². The van der Waals surface area contributed by atoms with E-state index in [0.717, 1.165) is 21.0 Å². The van der Waals surface area contributed by atoms with Crippen LogP contribution in [0, 0.1) is 5.92 Å². The van der Waals surface area contributed by atoms with Gasteiger partial charge >= 0.3 is 5.69 Å². The van der Waals surface area contributed by atoms with Crippen molar-refractivity contribution in [3.63, 3.8) is 0 Å². The first kappa shape index (κ1) is 19.0. The summed E-state index contributed by atoms with van der Waals surface area (Å²) >= 11 is 6.08. The molecule has 0 amide bonds. The monoisotopic (exact) mass is 385 g/mol. The maximum atomic E-state index is 12.4. The minimum atomic E-state index is -0.407. The minimum Gasteiger partial charge on any atom is -0.276 e. The topological polar surface area (TPSA) is 81.6 Å². The Kier molecular flexibility index (Phi) is 5.51. The molecule has 2 heterocycles. The van der Waals surface area contributed by atoms with Crippen LogP contribution in [-0.4, -0.2) is 14.1 Å². The maximum absolute atomic E-state index is 12.4. The number of aromatic nitrogens is 3. The Morgan fingerprint density at radius 1 is 1.19 bits per heavy atom. The van der Waals surface area contributed by atoms with Crippen LogP contribution in [0.4, 0.5) is 5.82 Å². The van der Waals surface area contributed by atoms with Crippen LogP contribution in [0.2, 0.25) is 5.02 Å². The molecule has 0 bridgehead atoms. The first-order valence-electron chi connectivity index (χ1n) is 8.58. The highest BCUT2D eigenvalue weighted by Gasteiger charge is 2.10. The molecule has 2 aromatic heterocycles. The molecule has 0 N–H and O–H groups in total. The zero-order valence-electron chi connectivity index (χ0n) is 15.4. The lowest BCUT2D eigenvalue weighted by Crippen LogP contribution is -2.38. The van der Waals surface area contributed by atoms with Gasteiger partial charge in [-0.1, -0.05) is 25.4 Å². The summed E-state index contributed by atoms with van der Waals surface area (Å²) < 4.78 is 2.54. The average molecular weight is 386 g/mol. The lowest BCUT2D eigenvalue weighted by molar-refractivity contribution is 0.489. The number of halogens is 1. The minimum absolute atomic E-state index is 0.223. The molecule has 0 saturated carbocycles. The molecule has 0 aliphatic carbocycles. The van der Waals surface area contributed by atoms with E-state index in [-0.39, 0.29) is 18.3 Å². The molecule has 27 heavy (non-hydrogen) atoms. The van der Waals surface area contributed by atoms with Crippen LogP contribution < -0.4 is 11.2 Å². The van der Waals surface area contributed by atoms with Crippen LogP contribution >= 0.6 is 11.6 Å². The molecule has 3 aromatic rings. The third kappa shape index (κ3) is 4.14. The van der Waals surface area contributed by atoms with Crippen molar-refractivity contribution < 1.29 is 0 Å². The third-order valence-corrected chi connectivity index (χ3v) is 4.37. The molecule has 0 aliphatic rings. The zero-order valence-corrected chi connectivity index (χ0v) is 16.1. The van der Waals surface area contributed by atoms with E-state index in [1.54, 1.807) is 12.3 Å². The number of hydrogen-bond donors (Lipinski definition) is 0. The smallest absolute Gasteiger partial charge is 0.276 e. The molecule has 0 atom stereocenters. The summed E-state index contributed by atoms with van der Waals surface area (Å²) in [6.45, 7) is 4.72. The summed E-state index contributed by atoms with van der Waals surface area (Å²) in [6, 6.07) is 8.64. The normalized spacial score (nSPS) is 11.7. The van der Waals surface area contributed by atoms with Crippen LogP contribution in [-0.2, 0) is 20.1 Å². The summed E-state index contributed by atoms with van der Waals surface area (Å²) in [7, 11) is 1.45. The Labute approximate surface area is 161 Å². The largest absolute Gasteiger partial charge is 0.332 e. The van der Waals surface area contributed by atoms with Gasteiger partial charge in [-0.05, 0) is 35.7 Å². The zero-order chi connectivity index (χ0) is 19.6. The molecule has 8 heteroatoms. The molecular formula is C19H20ClN5O2. The Morgan fingerprint density at radius 3 is 2.70 bits per heavy atom. The molecule has 0 fully saturated rings. The number of azo groups is 1. The second kappa shape index (κ2) is 7.84. The van der Waals surface area contributed by atoms with Crippen LogP contribution in [0.15, 0.2) is 56.3 Å². The SMILES string of the molecule is CC(C)Cn1c(N=NCc2ccnc3ccc(Cl)cc23)cc(=O)n(C)c1=O. The van der Waals surface area contributed by atoms with Gasteiger partial charge in [0.25, 0.3) is 5.56 Å². The fourth-order valence-corrected chi connectivity index (χ4v) is 2.95. The van der Waals surface area contributed by atoms with E-state index in [0.29, 0.717) is 11.6 Å². The van der Waals surface area contributed by atoms with E-state index in [4.69, 9.17) is 11.6 Å². The molecule has 140 valence electrons. The van der Waals surface area contributed by atoms with Crippen molar-refractivity contribution in [2.75, 3.05) is 0 Å². The number of fused-ring (bicyclic) bond motifs is 1.